The maximum Gasteiger partial charge on any atom is 0.320 e. The van der Waals surface area contributed by atoms with Crippen LogP contribution in [0.5, 0.6) is 5.75 Å². The Balaban J connectivity index is 3.47. The molecule has 0 fully saturated rings. The molecule has 0 unspecified atom stereocenters. The summed E-state index contributed by atoms with van der Waals surface area (Å²) in [6.45, 7) is 0. The molecule has 4 nitrogen and oxygen atoms in total. The molecule has 4 N–H and O–H groups in total. The zero-order chi connectivity index (χ0) is 15.0. The average Bonchev–Trinajstić information content (AvgIpc) is 2.26. The fourth-order valence-electron chi connectivity index (χ4n) is 0.675. The van der Waals surface area contributed by atoms with Crippen molar-refractivity contribution < 1.29 is 23.3 Å². The Bertz CT molecular complexity index is 509. The first-order valence-corrected chi connectivity index (χ1v) is 3.36. The van der Waals surface area contributed by atoms with Crippen LogP contribution in [0.25, 0.3) is 0 Å². The largest absolute Gasteiger partial charge is 0.508 e. The van der Waals surface area contributed by atoms with Gasteiger partial charge in [0.1, 0.15) is 14.6 Å². The van der Waals surface area contributed by atoms with Crippen LogP contribution in [0.2, 0.25) is 2.82 Å². The zero-order valence-electron chi connectivity index (χ0n) is 12.5. The van der Waals surface area contributed by atoms with E-state index in [0.29, 0.717) is 0 Å². The molecule has 1 atom stereocenters. The van der Waals surface area contributed by atoms with Crippen molar-refractivity contribution in [2.75, 3.05) is 0 Å². The SMILES string of the molecule is [2H]c1cc(O)ccc1C([2H])([2H])[C@@]([2H])(C(=O)O)N([2H])[2H]. The molecule has 0 aromatic heterocycles. The Morgan fingerprint density at radius 3 is 3.15 bits per heavy atom. The summed E-state index contributed by atoms with van der Waals surface area (Å²) >= 11 is 0. The van der Waals surface area contributed by atoms with Gasteiger partial charge in [-0.05, 0) is 24.1 Å². The first-order chi connectivity index (χ1) is 8.55. The van der Waals surface area contributed by atoms with Crippen LogP contribution < -0.4 is 5.72 Å². The Hall–Kier alpha value is -1.55. The van der Waals surface area contributed by atoms with Crippen LogP contribution in [0.1, 0.15) is 11.0 Å². The van der Waals surface area contributed by atoms with Gasteiger partial charge < -0.3 is 15.9 Å². The smallest absolute Gasteiger partial charge is 0.320 e. The number of phenolic OH excluding ortho intramolecular Hbond substituents is 1. The lowest BCUT2D eigenvalue weighted by atomic mass is 10.1. The highest BCUT2D eigenvalue weighted by Crippen LogP contribution is 2.10. The number of hydrogen-bond donors (Lipinski definition) is 3. The van der Waals surface area contributed by atoms with Gasteiger partial charge in [-0.2, -0.15) is 0 Å². The van der Waals surface area contributed by atoms with Crippen molar-refractivity contribution in [1.29, 1.82) is 0 Å². The molecule has 0 amide bonds. The lowest BCUT2D eigenvalue weighted by Crippen LogP contribution is -2.32. The second kappa shape index (κ2) is 3.91. The van der Waals surface area contributed by atoms with Gasteiger partial charge in [0.2, 0.25) is 0 Å². The molecular formula is C9H11NO3. The summed E-state index contributed by atoms with van der Waals surface area (Å²) in [5.41, 5.74) is -1.08. The van der Waals surface area contributed by atoms with E-state index < -0.39 is 35.7 Å². The van der Waals surface area contributed by atoms with Crippen molar-refractivity contribution >= 4 is 5.97 Å². The Morgan fingerprint density at radius 1 is 1.85 bits per heavy atom. The highest BCUT2D eigenvalue weighted by Gasteiger charge is 2.11. The standard InChI is InChI=1S/C9H11NO3/c10-8(9(12)13)5-6-1-3-7(11)4-2-6/h1-4,8,11H,5,10H2,(H,12,13)/t8-/m0/s1/i1D,5D2,8D/hD2. The number of benzene rings is 1. The molecule has 0 spiro atoms. The molecule has 13 heavy (non-hydrogen) atoms. The average molecular weight is 187 g/mol. The number of aliphatic carboxylic acids is 1. The Kier molecular flexibility index (Phi) is 1.23. The summed E-state index contributed by atoms with van der Waals surface area (Å²) in [6, 6.07) is -0.906. The minimum Gasteiger partial charge on any atom is -0.508 e. The summed E-state index contributed by atoms with van der Waals surface area (Å²) in [5, 5.41) is 18.1. The molecule has 1 rings (SSSR count). The quantitative estimate of drug-likeness (QED) is 0.635. The first-order valence-electron chi connectivity index (χ1n) is 6.26. The normalized spacial score (nSPS) is 22.8. The number of carboxylic acids is 1. The lowest BCUT2D eigenvalue weighted by Gasteiger charge is -2.05. The van der Waals surface area contributed by atoms with Crippen LogP contribution in [0.3, 0.4) is 0 Å². The fourth-order valence-corrected chi connectivity index (χ4v) is 0.675. The van der Waals surface area contributed by atoms with Gasteiger partial charge >= 0.3 is 5.97 Å². The van der Waals surface area contributed by atoms with Crippen LogP contribution >= 0.6 is 0 Å². The van der Waals surface area contributed by atoms with Gasteiger partial charge in [-0.25, -0.2) is 0 Å². The van der Waals surface area contributed by atoms with Gasteiger partial charge in [0.25, 0.3) is 0 Å². The molecule has 70 valence electrons. The van der Waals surface area contributed by atoms with Crippen molar-refractivity contribution in [3.63, 3.8) is 0 Å². The van der Waals surface area contributed by atoms with E-state index in [1.807, 2.05) is 0 Å². The minimum atomic E-state index is -3.25. The third-order valence-corrected chi connectivity index (χ3v) is 1.25. The monoisotopic (exact) mass is 187 g/mol. The van der Waals surface area contributed by atoms with Crippen molar-refractivity contribution in [3.05, 3.63) is 29.8 Å². The summed E-state index contributed by atoms with van der Waals surface area (Å²) in [5.74, 6) is -2.35. The third kappa shape index (κ3) is 2.76. The molecule has 0 aliphatic carbocycles. The number of aromatic hydroxyl groups is 1. The third-order valence-electron chi connectivity index (χ3n) is 1.25. The number of nitrogens with two attached hydrogens (primary N) is 1. The van der Waals surface area contributed by atoms with E-state index in [9.17, 15) is 4.79 Å². The van der Waals surface area contributed by atoms with E-state index in [2.05, 4.69) is 0 Å². The molecule has 0 radical (unpaired) electrons. The van der Waals surface area contributed by atoms with Crippen molar-refractivity contribution in [1.82, 2.24) is 0 Å². The van der Waals surface area contributed by atoms with E-state index >= 15 is 0 Å². The van der Waals surface area contributed by atoms with Crippen LogP contribution in [0.4, 0.5) is 0 Å². The fraction of sp³-hybridized carbons (Fsp3) is 0.222. The van der Waals surface area contributed by atoms with Gasteiger partial charge in [0.15, 0.2) is 0 Å². The Morgan fingerprint density at radius 2 is 2.62 bits per heavy atom. The van der Waals surface area contributed by atoms with Crippen LogP contribution in [0, 0.1) is 0 Å². The van der Waals surface area contributed by atoms with Crippen molar-refractivity contribution in [2.45, 2.75) is 12.4 Å². The van der Waals surface area contributed by atoms with Crippen LogP contribution in [-0.2, 0) is 11.2 Å². The number of hydrogen-bond acceptors (Lipinski definition) is 3. The van der Waals surface area contributed by atoms with Gasteiger partial charge in [-0.1, -0.05) is 12.1 Å². The van der Waals surface area contributed by atoms with Gasteiger partial charge in [0.05, 0.1) is 2.74 Å². The summed E-state index contributed by atoms with van der Waals surface area (Å²) < 4.78 is 44.4. The summed E-state index contributed by atoms with van der Waals surface area (Å²) in [7, 11) is 0. The second-order valence-corrected chi connectivity index (χ2v) is 2.24. The maximum absolute atomic E-state index is 11.0. The minimum absolute atomic E-state index is 0.316. The molecule has 0 aliphatic rings. The number of rotatable bonds is 4. The summed E-state index contributed by atoms with van der Waals surface area (Å²) in [4.78, 5) is 11.0. The van der Waals surface area contributed by atoms with Gasteiger partial charge in [0, 0.05) is 2.74 Å². The van der Waals surface area contributed by atoms with Crippen LogP contribution in [-0.4, -0.2) is 22.2 Å². The van der Waals surface area contributed by atoms with Crippen molar-refractivity contribution in [3.8, 4) is 5.75 Å². The van der Waals surface area contributed by atoms with E-state index in [4.69, 9.17) is 18.5 Å². The Labute approximate surface area is 84.2 Å². The molecular weight excluding hydrogens is 170 g/mol. The first kappa shape index (κ1) is 4.11. The highest BCUT2D eigenvalue weighted by atomic mass is 16.4. The maximum atomic E-state index is 11.0. The van der Waals surface area contributed by atoms with E-state index in [0.717, 1.165) is 18.2 Å². The van der Waals surface area contributed by atoms with Crippen molar-refractivity contribution in [2.24, 2.45) is 5.72 Å². The molecule has 0 aliphatic heterocycles. The molecule has 0 saturated heterocycles. The zero-order valence-corrected chi connectivity index (χ0v) is 6.48. The molecule has 4 heteroatoms. The number of carboxylic acid groups (broad SMARTS) is 1. The van der Waals surface area contributed by atoms with E-state index in [1.165, 1.54) is 0 Å². The second-order valence-electron chi connectivity index (χ2n) is 2.24. The van der Waals surface area contributed by atoms with E-state index in [-0.39, 0.29) is 5.75 Å². The predicted octanol–water partition coefficient (Wildman–Crippen LogP) is 0.347. The van der Waals surface area contributed by atoms with Crippen LogP contribution in [0.15, 0.2) is 24.2 Å². The number of phenols is 1. The highest BCUT2D eigenvalue weighted by molar-refractivity contribution is 5.73. The van der Waals surface area contributed by atoms with Gasteiger partial charge in [-0.3, -0.25) is 4.79 Å². The topological polar surface area (TPSA) is 83.5 Å². The molecule has 0 heterocycles. The predicted molar refractivity (Wildman–Crippen MR) is 47.4 cm³/mol. The lowest BCUT2D eigenvalue weighted by molar-refractivity contribution is -0.138. The van der Waals surface area contributed by atoms with Gasteiger partial charge in [-0.15, -0.1) is 0 Å². The number of carbonyl (C=O) groups is 1. The molecule has 1 aromatic carbocycles. The molecule has 0 saturated carbocycles. The molecule has 0 bridgehead atoms. The molecule has 1 aromatic rings. The summed E-state index contributed by atoms with van der Waals surface area (Å²) in [6.07, 6.45) is -3.01. The van der Waals surface area contributed by atoms with E-state index in [1.54, 1.807) is 0 Å².